The molecular formula is C36H61ClO2. The van der Waals surface area contributed by atoms with Crippen LogP contribution in [0.3, 0.4) is 0 Å². The molecule has 1 fully saturated rings. The molecule has 0 aliphatic carbocycles. The third-order valence-electron chi connectivity index (χ3n) is 6.45. The van der Waals surface area contributed by atoms with Crippen LogP contribution in [0.2, 0.25) is 0 Å². The molecule has 1 rings (SSSR count). The maximum Gasteiger partial charge on any atom is 0.0810 e. The van der Waals surface area contributed by atoms with Crippen molar-refractivity contribution < 1.29 is 9.84 Å². The van der Waals surface area contributed by atoms with Gasteiger partial charge in [-0.05, 0) is 77.0 Å². The highest BCUT2D eigenvalue weighted by Gasteiger charge is 2.20. The topological polar surface area (TPSA) is 32.8 Å². The van der Waals surface area contributed by atoms with Crippen LogP contribution >= 0.6 is 11.6 Å². The number of aliphatic hydroxyl groups excluding tert-OH is 1. The number of allylic oxidation sites excluding steroid dienone is 12. The molecule has 3 heteroatoms. The molecule has 39 heavy (non-hydrogen) atoms. The number of halogens is 1. The van der Waals surface area contributed by atoms with Gasteiger partial charge in [-0.15, -0.1) is 11.6 Å². The number of aliphatic hydroxyl groups is 1. The van der Waals surface area contributed by atoms with Crippen molar-refractivity contribution in [2.45, 2.75) is 141 Å². The van der Waals surface area contributed by atoms with Crippen molar-refractivity contribution in [2.24, 2.45) is 0 Å². The van der Waals surface area contributed by atoms with Gasteiger partial charge in [-0.3, -0.25) is 0 Å². The molecule has 224 valence electrons. The van der Waals surface area contributed by atoms with Crippen LogP contribution in [0.1, 0.15) is 129 Å². The predicted molar refractivity (Wildman–Crippen MR) is 176 cm³/mol. The van der Waals surface area contributed by atoms with Crippen molar-refractivity contribution in [3.8, 4) is 0 Å². The van der Waals surface area contributed by atoms with E-state index in [0.29, 0.717) is 6.10 Å². The highest BCUT2D eigenvalue weighted by molar-refractivity contribution is 6.20. The van der Waals surface area contributed by atoms with Crippen molar-refractivity contribution in [2.75, 3.05) is 13.2 Å². The van der Waals surface area contributed by atoms with Gasteiger partial charge in [0.15, 0.2) is 0 Å². The Balaban J connectivity index is 0.000000741. The normalized spacial score (nSPS) is 16.5. The summed E-state index contributed by atoms with van der Waals surface area (Å²) < 4.78 is 5.20. The fraction of sp³-hybridized carbons (Fsp3) is 0.667. The lowest BCUT2D eigenvalue weighted by Crippen LogP contribution is -2.03. The quantitative estimate of drug-likeness (QED) is 0.0521. The first-order valence-electron chi connectivity index (χ1n) is 16.0. The average Bonchev–Trinajstić information content (AvgIpc) is 3.78. The molecular weight excluding hydrogens is 500 g/mol. The Hall–Kier alpha value is -1.35. The second-order valence-corrected chi connectivity index (χ2v) is 10.9. The Morgan fingerprint density at radius 3 is 1.46 bits per heavy atom. The van der Waals surface area contributed by atoms with Crippen LogP contribution in [0.25, 0.3) is 0 Å². The summed E-state index contributed by atoms with van der Waals surface area (Å²) in [7, 11) is 0. The number of hydrogen-bond acceptors (Lipinski definition) is 2. The van der Waals surface area contributed by atoms with Gasteiger partial charge >= 0.3 is 0 Å². The molecule has 1 aliphatic rings. The maximum absolute atomic E-state index is 8.79. The average molecular weight is 561 g/mol. The number of hydrogen-bond donors (Lipinski definition) is 1. The zero-order valence-electron chi connectivity index (χ0n) is 25.5. The van der Waals surface area contributed by atoms with E-state index in [4.69, 9.17) is 21.4 Å². The van der Waals surface area contributed by atoms with Crippen molar-refractivity contribution >= 4 is 11.6 Å². The van der Waals surface area contributed by atoms with Gasteiger partial charge in [0.1, 0.15) is 0 Å². The minimum Gasteiger partial charge on any atom is -0.395 e. The highest BCUT2D eigenvalue weighted by atomic mass is 35.5. The lowest BCUT2D eigenvalue weighted by Gasteiger charge is -2.04. The van der Waals surface area contributed by atoms with Crippen LogP contribution in [-0.4, -0.2) is 29.8 Å². The summed E-state index contributed by atoms with van der Waals surface area (Å²) in [5, 5.41) is 8.74. The molecule has 0 aromatic heterocycles. The minimum atomic E-state index is -0.0474. The van der Waals surface area contributed by atoms with E-state index in [1.165, 1.54) is 64.2 Å². The third kappa shape index (κ3) is 34.6. The summed E-state index contributed by atoms with van der Waals surface area (Å²) in [5.74, 6) is 0. The molecule has 2 unspecified atom stereocenters. The van der Waals surface area contributed by atoms with E-state index >= 15 is 0 Å². The fourth-order valence-corrected chi connectivity index (χ4v) is 4.10. The Labute approximate surface area is 248 Å². The van der Waals surface area contributed by atoms with Gasteiger partial charge in [-0.1, -0.05) is 125 Å². The predicted octanol–water partition coefficient (Wildman–Crippen LogP) is 11.4. The second-order valence-electron chi connectivity index (χ2n) is 10.3. The van der Waals surface area contributed by atoms with Crippen LogP contribution in [0.4, 0.5) is 0 Å². The van der Waals surface area contributed by atoms with Crippen LogP contribution in [0, 0.1) is 0 Å². The molecule has 1 heterocycles. The summed E-state index contributed by atoms with van der Waals surface area (Å²) in [6.45, 7) is 5.45. The number of alkyl halides is 1. The first kappa shape index (κ1) is 37.6. The number of epoxide rings is 1. The Bertz CT molecular complexity index is 655. The first-order chi connectivity index (χ1) is 19.2. The molecule has 1 N–H and O–H groups in total. The molecule has 0 saturated carbocycles. The molecule has 2 nitrogen and oxygen atoms in total. The Morgan fingerprint density at radius 1 is 0.615 bits per heavy atom. The minimum absolute atomic E-state index is 0.0474. The highest BCUT2D eigenvalue weighted by Crippen LogP contribution is 2.18. The van der Waals surface area contributed by atoms with Gasteiger partial charge in [0.05, 0.1) is 24.7 Å². The molecule has 0 aromatic rings. The summed E-state index contributed by atoms with van der Waals surface area (Å²) >= 11 is 5.84. The van der Waals surface area contributed by atoms with Crippen molar-refractivity contribution in [3.05, 3.63) is 72.9 Å². The summed E-state index contributed by atoms with van der Waals surface area (Å²) in [4.78, 5) is 0. The molecule has 0 radical (unpaired) electrons. The lowest BCUT2D eigenvalue weighted by atomic mass is 10.1. The molecule has 0 amide bonds. The van der Waals surface area contributed by atoms with Crippen molar-refractivity contribution in [1.29, 1.82) is 0 Å². The second kappa shape index (κ2) is 32.9. The van der Waals surface area contributed by atoms with Gasteiger partial charge in [0.25, 0.3) is 0 Å². The summed E-state index contributed by atoms with van der Waals surface area (Å²) in [5.41, 5.74) is 0. The number of ether oxygens (including phenoxy) is 1. The van der Waals surface area contributed by atoms with E-state index in [2.05, 4.69) is 86.8 Å². The first-order valence-corrected chi connectivity index (χ1v) is 16.4. The van der Waals surface area contributed by atoms with Crippen LogP contribution < -0.4 is 0 Å². The molecule has 0 aromatic carbocycles. The third-order valence-corrected chi connectivity index (χ3v) is 6.80. The molecule has 1 saturated heterocycles. The van der Waals surface area contributed by atoms with Gasteiger partial charge in [0, 0.05) is 0 Å². The van der Waals surface area contributed by atoms with Gasteiger partial charge in [0.2, 0.25) is 0 Å². The zero-order chi connectivity index (χ0) is 28.5. The van der Waals surface area contributed by atoms with Crippen LogP contribution in [0.15, 0.2) is 72.9 Å². The zero-order valence-corrected chi connectivity index (χ0v) is 26.2. The number of rotatable bonds is 25. The maximum atomic E-state index is 8.79. The molecule has 1 aliphatic heterocycles. The lowest BCUT2D eigenvalue weighted by molar-refractivity contribution is 0.286. The SMILES string of the molecule is CC/C=C\C/C=C\C/C=C\CCCCCCC(Cl)CO.CC/C=C\C/C=C\C/C=C\CCCCCCC1CO1. The van der Waals surface area contributed by atoms with Crippen LogP contribution in [-0.2, 0) is 4.74 Å². The van der Waals surface area contributed by atoms with E-state index in [1.807, 2.05) is 0 Å². The monoisotopic (exact) mass is 560 g/mol. The number of unbranched alkanes of at least 4 members (excludes halogenated alkanes) is 8. The van der Waals surface area contributed by atoms with Crippen molar-refractivity contribution in [1.82, 2.24) is 0 Å². The smallest absolute Gasteiger partial charge is 0.0810 e. The summed E-state index contributed by atoms with van der Waals surface area (Å²) in [6, 6.07) is 0. The molecule has 0 bridgehead atoms. The molecule has 2 atom stereocenters. The largest absolute Gasteiger partial charge is 0.395 e. The standard InChI is InChI=1S/C18H31ClO.C18H30O/c1-2-3-4-5-6-7-8-9-10-11-12-13-14-15-16-18(19)17-20;1-2-3-4-5-6-7-8-9-10-11-12-13-14-15-16-18-17-19-18/h3-4,6-7,9-10,18,20H,2,5,8,11-17H2,1H3;3-4,6-7,9-10,18H,2,5,8,11-17H2,1H3/b2*4-3-,7-6-,10-9-. The van der Waals surface area contributed by atoms with Crippen LogP contribution in [0.5, 0.6) is 0 Å². The molecule has 0 spiro atoms. The van der Waals surface area contributed by atoms with E-state index in [-0.39, 0.29) is 12.0 Å². The van der Waals surface area contributed by atoms with E-state index in [9.17, 15) is 0 Å². The summed E-state index contributed by atoms with van der Waals surface area (Å²) in [6.07, 6.45) is 49.0. The van der Waals surface area contributed by atoms with Gasteiger partial charge < -0.3 is 9.84 Å². The van der Waals surface area contributed by atoms with Gasteiger partial charge in [-0.2, -0.15) is 0 Å². The Kier molecular flexibility index (Phi) is 31.7. The van der Waals surface area contributed by atoms with Crippen molar-refractivity contribution in [3.63, 3.8) is 0 Å². The fourth-order valence-electron chi connectivity index (χ4n) is 3.95. The van der Waals surface area contributed by atoms with E-state index in [0.717, 1.165) is 58.0 Å². The van der Waals surface area contributed by atoms with Gasteiger partial charge in [-0.25, -0.2) is 0 Å². The Morgan fingerprint density at radius 2 is 1.03 bits per heavy atom. The van der Waals surface area contributed by atoms with E-state index in [1.54, 1.807) is 0 Å². The van der Waals surface area contributed by atoms with E-state index < -0.39 is 0 Å².